The zero-order chi connectivity index (χ0) is 28.2. The van der Waals surface area contributed by atoms with Gasteiger partial charge in [-0.05, 0) is 52.2 Å². The minimum Gasteiger partial charge on any atom is -0.383 e. The molecule has 1 unspecified atom stereocenters. The highest BCUT2D eigenvalue weighted by atomic mass is 19.1. The maximum Gasteiger partial charge on any atom is 0.276 e. The molecule has 0 bridgehead atoms. The number of nitrogens with zero attached hydrogens (tertiary/aromatic N) is 2. The van der Waals surface area contributed by atoms with Crippen LogP contribution in [-0.2, 0) is 4.74 Å². The van der Waals surface area contributed by atoms with Crippen LogP contribution < -0.4 is 10.9 Å². The monoisotopic (exact) mass is 538 g/mol. The molecule has 1 aliphatic rings. The number of hydrogen-bond donors (Lipinski definition) is 2. The van der Waals surface area contributed by atoms with E-state index in [2.05, 4.69) is 61.8 Å². The molecular formula is C30H52F2N4O2. The lowest BCUT2D eigenvalue weighted by molar-refractivity contribution is 0.0595. The van der Waals surface area contributed by atoms with E-state index in [1.54, 1.807) is 13.1 Å². The molecule has 0 aliphatic carbocycles. The second kappa shape index (κ2) is 22.1. The topological polar surface area (TPSA) is 80.0 Å². The van der Waals surface area contributed by atoms with Crippen LogP contribution in [0.25, 0.3) is 6.08 Å². The molecule has 218 valence electrons. The molecule has 2 N–H and O–H groups in total. The van der Waals surface area contributed by atoms with E-state index < -0.39 is 12.2 Å². The van der Waals surface area contributed by atoms with Gasteiger partial charge in [0.25, 0.3) is 5.56 Å². The summed E-state index contributed by atoms with van der Waals surface area (Å²) in [6.45, 7) is 20.5. The number of ether oxygens (including phenoxy) is 1. The molecule has 2 aromatic rings. The average Bonchev–Trinajstić information content (AvgIpc) is 2.95. The molecule has 0 spiro atoms. The van der Waals surface area contributed by atoms with E-state index in [9.17, 15) is 9.18 Å². The number of nitrogens with one attached hydrogen (secondary N) is 2. The molecule has 0 amide bonds. The first-order chi connectivity index (χ1) is 17.9. The van der Waals surface area contributed by atoms with Crippen molar-refractivity contribution in [3.8, 4) is 0 Å². The predicted molar refractivity (Wildman–Crippen MR) is 161 cm³/mol. The van der Waals surface area contributed by atoms with Crippen LogP contribution in [0.3, 0.4) is 0 Å². The third-order valence-electron chi connectivity index (χ3n) is 6.00. The van der Waals surface area contributed by atoms with Crippen LogP contribution >= 0.6 is 0 Å². The van der Waals surface area contributed by atoms with Gasteiger partial charge in [0.15, 0.2) is 0 Å². The summed E-state index contributed by atoms with van der Waals surface area (Å²) in [4.78, 5) is 12.8. The molecule has 1 aliphatic heterocycles. The fourth-order valence-electron chi connectivity index (χ4n) is 3.94. The van der Waals surface area contributed by atoms with E-state index in [-0.39, 0.29) is 11.7 Å². The van der Waals surface area contributed by atoms with Crippen LogP contribution in [0.4, 0.5) is 14.8 Å². The third-order valence-corrected chi connectivity index (χ3v) is 6.00. The molecule has 38 heavy (non-hydrogen) atoms. The van der Waals surface area contributed by atoms with Gasteiger partial charge in [-0.25, -0.2) is 9.07 Å². The Morgan fingerprint density at radius 3 is 2.26 bits per heavy atom. The van der Waals surface area contributed by atoms with Crippen LogP contribution in [0, 0.1) is 25.2 Å². The second-order valence-electron chi connectivity index (χ2n) is 8.82. The summed E-state index contributed by atoms with van der Waals surface area (Å²) in [6, 6.07) is 7.96. The molecule has 3 atom stereocenters. The maximum atomic E-state index is 14.3. The van der Waals surface area contributed by atoms with E-state index in [1.807, 2.05) is 20.8 Å². The number of aromatic nitrogens is 2. The van der Waals surface area contributed by atoms with Crippen molar-refractivity contribution in [3.63, 3.8) is 0 Å². The van der Waals surface area contributed by atoms with Crippen molar-refractivity contribution in [1.29, 1.82) is 5.41 Å². The van der Waals surface area contributed by atoms with E-state index in [1.165, 1.54) is 21.9 Å². The SMILES string of the molecule is C=Cc1c(NC[C@H]2CCCOC2)cnn(C(CCC)[C@@H](F)CC)c1=O.C=N.CC.Cc1ccc(C)cc1.F.[HH]. The van der Waals surface area contributed by atoms with E-state index in [0.29, 0.717) is 30.0 Å². The highest BCUT2D eigenvalue weighted by molar-refractivity contribution is 5.63. The number of alkyl halides is 1. The molecule has 3 rings (SSSR count). The van der Waals surface area contributed by atoms with Gasteiger partial charge in [-0.2, -0.15) is 5.10 Å². The Hall–Kier alpha value is -2.87. The summed E-state index contributed by atoms with van der Waals surface area (Å²) in [6.07, 6.45) is 5.99. The number of aryl methyl sites for hydroxylation is 2. The van der Waals surface area contributed by atoms with Crippen LogP contribution in [0.15, 0.2) is 41.8 Å². The summed E-state index contributed by atoms with van der Waals surface area (Å²) >= 11 is 0. The van der Waals surface area contributed by atoms with Gasteiger partial charge in [0.1, 0.15) is 6.17 Å². The average molecular weight is 539 g/mol. The Morgan fingerprint density at radius 1 is 1.24 bits per heavy atom. The van der Waals surface area contributed by atoms with Gasteiger partial charge in [0.05, 0.1) is 30.1 Å². The Balaban J connectivity index is -0.000000781. The molecule has 0 radical (unpaired) electrons. The normalized spacial score (nSPS) is 15.4. The van der Waals surface area contributed by atoms with Crippen molar-refractivity contribution >= 4 is 18.5 Å². The van der Waals surface area contributed by atoms with Crippen molar-refractivity contribution in [1.82, 2.24) is 9.78 Å². The third kappa shape index (κ3) is 12.6. The number of hydrogen-bond acceptors (Lipinski definition) is 5. The zero-order valence-corrected chi connectivity index (χ0v) is 24.3. The largest absolute Gasteiger partial charge is 0.383 e. The molecule has 2 heterocycles. The van der Waals surface area contributed by atoms with Crippen LogP contribution in [0.2, 0.25) is 0 Å². The van der Waals surface area contributed by atoms with Crippen molar-refractivity contribution < 1.29 is 15.3 Å². The summed E-state index contributed by atoms with van der Waals surface area (Å²) in [7, 11) is 0. The highest BCUT2D eigenvalue weighted by Crippen LogP contribution is 2.23. The molecular weight excluding hydrogens is 486 g/mol. The first kappa shape index (κ1) is 37.3. The minimum absolute atomic E-state index is 0. The smallest absolute Gasteiger partial charge is 0.276 e. The molecule has 1 fully saturated rings. The minimum atomic E-state index is -1.08. The van der Waals surface area contributed by atoms with Crippen LogP contribution in [0.5, 0.6) is 0 Å². The lowest BCUT2D eigenvalue weighted by Crippen LogP contribution is -2.34. The molecule has 6 nitrogen and oxygen atoms in total. The highest BCUT2D eigenvalue weighted by Gasteiger charge is 2.24. The molecule has 8 heteroatoms. The predicted octanol–water partition coefficient (Wildman–Crippen LogP) is 7.81. The molecule has 0 saturated carbocycles. The molecule has 1 aromatic carbocycles. The van der Waals surface area contributed by atoms with E-state index in [0.717, 1.165) is 39.0 Å². The Morgan fingerprint density at radius 2 is 1.82 bits per heavy atom. The van der Waals surface area contributed by atoms with Crippen molar-refractivity contribution in [2.24, 2.45) is 5.92 Å². The van der Waals surface area contributed by atoms with Gasteiger partial charge in [-0.3, -0.25) is 9.50 Å². The lowest BCUT2D eigenvalue weighted by Gasteiger charge is -2.24. The lowest BCUT2D eigenvalue weighted by atomic mass is 10.0. The van der Waals surface area contributed by atoms with Crippen molar-refractivity contribution in [2.45, 2.75) is 85.9 Å². The first-order valence-electron chi connectivity index (χ1n) is 13.5. The summed E-state index contributed by atoms with van der Waals surface area (Å²) in [5.74, 6) is 0.428. The fourth-order valence-corrected chi connectivity index (χ4v) is 3.94. The zero-order valence-electron chi connectivity index (χ0n) is 24.3. The quantitative estimate of drug-likeness (QED) is 0.319. The van der Waals surface area contributed by atoms with Gasteiger partial charge in [0.2, 0.25) is 0 Å². The second-order valence-corrected chi connectivity index (χ2v) is 8.82. The van der Waals surface area contributed by atoms with Crippen LogP contribution in [-0.4, -0.2) is 42.4 Å². The van der Waals surface area contributed by atoms with Gasteiger partial charge in [-0.1, -0.05) is 82.2 Å². The van der Waals surface area contributed by atoms with Gasteiger partial charge >= 0.3 is 0 Å². The van der Waals surface area contributed by atoms with E-state index in [4.69, 9.17) is 10.1 Å². The van der Waals surface area contributed by atoms with Gasteiger partial charge in [0, 0.05) is 14.6 Å². The molecule has 1 aromatic heterocycles. The number of benzene rings is 1. The summed E-state index contributed by atoms with van der Waals surface area (Å²) in [5, 5.41) is 13.1. The number of anilines is 1. The van der Waals surface area contributed by atoms with Crippen molar-refractivity contribution in [3.05, 3.63) is 64.1 Å². The van der Waals surface area contributed by atoms with Crippen LogP contribution in [0.1, 0.15) is 84.0 Å². The number of rotatable bonds is 9. The summed E-state index contributed by atoms with van der Waals surface area (Å²) < 4.78 is 21.1. The summed E-state index contributed by atoms with van der Waals surface area (Å²) in [5.41, 5.74) is 3.49. The Bertz CT molecular complexity index is 915. The van der Waals surface area contributed by atoms with E-state index >= 15 is 0 Å². The van der Waals surface area contributed by atoms with Gasteiger partial charge < -0.3 is 15.5 Å². The Labute approximate surface area is 230 Å². The first-order valence-corrected chi connectivity index (χ1v) is 13.5. The van der Waals surface area contributed by atoms with Gasteiger partial charge in [-0.15, -0.1) is 0 Å². The molecule has 1 saturated heterocycles. The van der Waals surface area contributed by atoms with Crippen molar-refractivity contribution in [2.75, 3.05) is 25.1 Å². The fraction of sp³-hybridized carbons (Fsp3) is 0.567. The maximum absolute atomic E-state index is 14.3. The Kier molecular flexibility index (Phi) is 21.7. The number of halogens is 2. The standard InChI is InChI=1S/C19H30FN3O2.C8H10.C2H6.CH3N.FH.H2/c1-4-8-18(16(20)6-3)23-19(24)15(5-2)17(12-22-23)21-11-14-9-7-10-25-13-14;1-7-3-5-8(2)6-4-7;2*1-2;;/h5,12,14,16,18,21H,2,4,6-11,13H2,1,3H3;3-6H,1-2H3;1-2H3;2H,1H2;2*1H/t14-,16+,18?;;;;;/m1...../s1.